The van der Waals surface area contributed by atoms with Crippen LogP contribution in [0.1, 0.15) is 33.6 Å². The quantitative estimate of drug-likeness (QED) is 0.0902. The van der Waals surface area contributed by atoms with Gasteiger partial charge in [-0.25, -0.2) is 19.2 Å². The smallest absolute Gasteiger partial charge is 0.343 e. The van der Waals surface area contributed by atoms with Crippen LogP contribution in [0.2, 0.25) is 0 Å². The molecule has 3 rings (SSSR count). The largest absolute Gasteiger partial charge is 0.493 e. The molecule has 0 radical (unpaired) electrons. The SMILES string of the molecule is C=CC(=O)OCCCOc1ccc(C(=O)Oc2ccc(OC(=O)c3ccc(OCCCOC(=O)C=C)cc3)c(F)c2F)cc1. The fourth-order valence-electron chi connectivity index (χ4n) is 3.33. The normalized spacial score (nSPS) is 10.2. The second kappa shape index (κ2) is 16.8. The molecule has 0 aliphatic heterocycles. The highest BCUT2D eigenvalue weighted by Crippen LogP contribution is 2.29. The van der Waals surface area contributed by atoms with Crippen LogP contribution in [0.5, 0.6) is 23.0 Å². The van der Waals surface area contributed by atoms with Crippen molar-refractivity contribution in [2.75, 3.05) is 26.4 Å². The summed E-state index contributed by atoms with van der Waals surface area (Å²) in [5.74, 6) is -6.61. The zero-order chi connectivity index (χ0) is 31.9. The molecule has 0 atom stereocenters. The summed E-state index contributed by atoms with van der Waals surface area (Å²) in [7, 11) is 0. The average molecular weight is 611 g/mol. The van der Waals surface area contributed by atoms with E-state index >= 15 is 0 Å². The van der Waals surface area contributed by atoms with Crippen LogP contribution in [0.4, 0.5) is 8.78 Å². The Morgan fingerprint density at radius 2 is 0.932 bits per heavy atom. The standard InChI is InChI=1S/C32H28F2O10/c1-3-27(35)41-19-5-17-39-23-11-7-21(8-12-23)31(37)43-25-15-16-26(30(34)29(25)33)44-32(38)22-9-13-24(14-10-22)40-18-6-20-42-28(36)4-2/h3-4,7-16H,1-2,5-6,17-20H2. The predicted molar refractivity (Wildman–Crippen MR) is 152 cm³/mol. The number of halogens is 2. The van der Waals surface area contributed by atoms with Gasteiger partial charge in [-0.3, -0.25) is 0 Å². The fourth-order valence-corrected chi connectivity index (χ4v) is 3.33. The van der Waals surface area contributed by atoms with Crippen molar-refractivity contribution in [3.63, 3.8) is 0 Å². The van der Waals surface area contributed by atoms with Crippen LogP contribution in [0.25, 0.3) is 0 Å². The lowest BCUT2D eigenvalue weighted by Crippen LogP contribution is -2.12. The molecule has 0 aliphatic carbocycles. The fraction of sp³-hybridized carbons (Fsp3) is 0.188. The number of benzene rings is 3. The Labute approximate surface area is 251 Å². The van der Waals surface area contributed by atoms with Crippen molar-refractivity contribution in [2.24, 2.45) is 0 Å². The molecule has 10 nitrogen and oxygen atoms in total. The van der Waals surface area contributed by atoms with Crippen molar-refractivity contribution in [2.45, 2.75) is 12.8 Å². The molecule has 0 saturated carbocycles. The van der Waals surface area contributed by atoms with Crippen molar-refractivity contribution in [1.29, 1.82) is 0 Å². The maximum Gasteiger partial charge on any atom is 0.343 e. The summed E-state index contributed by atoms with van der Waals surface area (Å²) in [6, 6.07) is 13.3. The third-order valence-corrected chi connectivity index (χ3v) is 5.53. The Morgan fingerprint density at radius 1 is 0.568 bits per heavy atom. The van der Waals surface area contributed by atoms with Gasteiger partial charge >= 0.3 is 23.9 Å². The van der Waals surface area contributed by atoms with Crippen LogP contribution in [-0.4, -0.2) is 50.3 Å². The first kappa shape index (κ1) is 33.0. The molecule has 3 aromatic rings. The molecular weight excluding hydrogens is 582 g/mol. The first-order chi connectivity index (χ1) is 21.2. The van der Waals surface area contributed by atoms with Gasteiger partial charge < -0.3 is 28.4 Å². The lowest BCUT2D eigenvalue weighted by atomic mass is 10.2. The van der Waals surface area contributed by atoms with Gasteiger partial charge in [-0.1, -0.05) is 13.2 Å². The zero-order valence-corrected chi connectivity index (χ0v) is 23.4. The van der Waals surface area contributed by atoms with E-state index in [0.717, 1.165) is 24.3 Å². The molecule has 0 N–H and O–H groups in total. The van der Waals surface area contributed by atoms with Crippen molar-refractivity contribution in [1.82, 2.24) is 0 Å². The lowest BCUT2D eigenvalue weighted by molar-refractivity contribution is -0.138. The highest BCUT2D eigenvalue weighted by Gasteiger charge is 2.21. The molecule has 0 saturated heterocycles. The number of hydrogen-bond acceptors (Lipinski definition) is 10. The van der Waals surface area contributed by atoms with Gasteiger partial charge in [-0.05, 0) is 60.7 Å². The summed E-state index contributed by atoms with van der Waals surface area (Å²) in [6.45, 7) is 7.37. The number of hydrogen-bond donors (Lipinski definition) is 0. The van der Waals surface area contributed by atoms with Crippen LogP contribution in [0, 0.1) is 11.6 Å². The molecule has 0 amide bonds. The minimum atomic E-state index is -1.52. The summed E-state index contributed by atoms with van der Waals surface area (Å²) in [4.78, 5) is 46.9. The van der Waals surface area contributed by atoms with E-state index in [0.29, 0.717) is 24.3 Å². The maximum absolute atomic E-state index is 14.7. The number of ether oxygens (including phenoxy) is 6. The Morgan fingerprint density at radius 3 is 1.27 bits per heavy atom. The molecule has 230 valence electrons. The topological polar surface area (TPSA) is 124 Å². The second-order valence-electron chi connectivity index (χ2n) is 8.66. The van der Waals surface area contributed by atoms with E-state index < -0.39 is 47.0 Å². The van der Waals surface area contributed by atoms with Gasteiger partial charge in [0, 0.05) is 25.0 Å². The molecule has 0 bridgehead atoms. The van der Waals surface area contributed by atoms with Gasteiger partial charge in [-0.15, -0.1) is 0 Å². The van der Waals surface area contributed by atoms with E-state index in [4.69, 9.17) is 28.4 Å². The first-order valence-electron chi connectivity index (χ1n) is 13.2. The Hall–Kier alpha value is -5.52. The van der Waals surface area contributed by atoms with E-state index in [-0.39, 0.29) is 37.6 Å². The highest BCUT2D eigenvalue weighted by atomic mass is 19.2. The molecule has 0 aliphatic rings. The van der Waals surface area contributed by atoms with Gasteiger partial charge in [0.15, 0.2) is 11.5 Å². The second-order valence-corrected chi connectivity index (χ2v) is 8.66. The molecule has 0 spiro atoms. The van der Waals surface area contributed by atoms with E-state index in [1.807, 2.05) is 0 Å². The van der Waals surface area contributed by atoms with Gasteiger partial charge in [0.2, 0.25) is 11.6 Å². The third-order valence-electron chi connectivity index (χ3n) is 5.53. The minimum absolute atomic E-state index is 0.0381. The summed E-state index contributed by atoms with van der Waals surface area (Å²) in [6.07, 6.45) is 2.97. The zero-order valence-electron chi connectivity index (χ0n) is 23.4. The molecule has 3 aromatic carbocycles. The maximum atomic E-state index is 14.7. The Bertz CT molecular complexity index is 1370. The van der Waals surface area contributed by atoms with Gasteiger partial charge in [0.1, 0.15) is 11.5 Å². The molecule has 0 fully saturated rings. The summed E-state index contributed by atoms with van der Waals surface area (Å²) >= 11 is 0. The van der Waals surface area contributed by atoms with Crippen LogP contribution in [-0.2, 0) is 19.1 Å². The number of rotatable bonds is 16. The average Bonchev–Trinajstić information content (AvgIpc) is 3.04. The van der Waals surface area contributed by atoms with Crippen molar-refractivity contribution >= 4 is 23.9 Å². The molecule has 12 heteroatoms. The number of carbonyl (C=O) groups is 4. The van der Waals surface area contributed by atoms with Gasteiger partial charge in [-0.2, -0.15) is 8.78 Å². The first-order valence-corrected chi connectivity index (χ1v) is 13.2. The highest BCUT2D eigenvalue weighted by molar-refractivity contribution is 5.92. The monoisotopic (exact) mass is 610 g/mol. The minimum Gasteiger partial charge on any atom is -0.493 e. The van der Waals surface area contributed by atoms with Crippen molar-refractivity contribution in [3.8, 4) is 23.0 Å². The van der Waals surface area contributed by atoms with Crippen LogP contribution in [0.15, 0.2) is 86.0 Å². The summed E-state index contributed by atoms with van der Waals surface area (Å²) < 4.78 is 59.9. The number of esters is 4. The lowest BCUT2D eigenvalue weighted by Gasteiger charge is -2.11. The Balaban J connectivity index is 1.49. The summed E-state index contributed by atoms with van der Waals surface area (Å²) in [5.41, 5.74) is 0.0762. The van der Waals surface area contributed by atoms with E-state index in [2.05, 4.69) is 13.2 Å². The predicted octanol–water partition coefficient (Wildman–Crippen LogP) is 5.40. The molecular formula is C32H28F2O10. The van der Waals surface area contributed by atoms with Gasteiger partial charge in [0.05, 0.1) is 37.6 Å². The van der Waals surface area contributed by atoms with Crippen LogP contribution < -0.4 is 18.9 Å². The van der Waals surface area contributed by atoms with Gasteiger partial charge in [0.25, 0.3) is 0 Å². The van der Waals surface area contributed by atoms with E-state index in [1.165, 1.54) is 48.5 Å². The van der Waals surface area contributed by atoms with Crippen LogP contribution >= 0.6 is 0 Å². The van der Waals surface area contributed by atoms with E-state index in [9.17, 15) is 28.0 Å². The van der Waals surface area contributed by atoms with Crippen LogP contribution in [0.3, 0.4) is 0 Å². The Kier molecular flexibility index (Phi) is 12.6. The van der Waals surface area contributed by atoms with Crippen molar-refractivity contribution in [3.05, 3.63) is 109 Å². The van der Waals surface area contributed by atoms with E-state index in [1.54, 1.807) is 0 Å². The molecule has 0 unspecified atom stereocenters. The third kappa shape index (κ3) is 10.1. The summed E-state index contributed by atoms with van der Waals surface area (Å²) in [5, 5.41) is 0. The molecule has 44 heavy (non-hydrogen) atoms. The molecule has 0 heterocycles. The molecule has 0 aromatic heterocycles. The van der Waals surface area contributed by atoms with Crippen molar-refractivity contribution < 1.29 is 56.4 Å². The number of carbonyl (C=O) groups excluding carboxylic acids is 4.